The van der Waals surface area contributed by atoms with E-state index in [2.05, 4.69) is 20.3 Å². The van der Waals surface area contributed by atoms with Crippen LogP contribution < -0.4 is 10.1 Å². The van der Waals surface area contributed by atoms with Crippen LogP contribution >= 0.6 is 11.3 Å². The van der Waals surface area contributed by atoms with Crippen LogP contribution in [0.5, 0.6) is 5.75 Å². The van der Waals surface area contributed by atoms with Crippen LogP contribution in [-0.4, -0.2) is 22.1 Å². The van der Waals surface area contributed by atoms with Crippen LogP contribution in [0.3, 0.4) is 0 Å². The number of nitrogens with one attached hydrogen (secondary N) is 1. The Labute approximate surface area is 97.5 Å². The van der Waals surface area contributed by atoms with E-state index in [1.165, 1.54) is 0 Å². The quantitative estimate of drug-likeness (QED) is 0.878. The van der Waals surface area contributed by atoms with E-state index < -0.39 is 0 Å². The third kappa shape index (κ3) is 2.66. The maximum absolute atomic E-state index is 4.97. The molecule has 0 saturated carbocycles. The molecule has 16 heavy (non-hydrogen) atoms. The molecular formula is C10H12N4OS. The first-order valence-electron chi connectivity index (χ1n) is 4.79. The van der Waals surface area contributed by atoms with Crippen LogP contribution in [0.4, 0.5) is 5.95 Å². The zero-order chi connectivity index (χ0) is 11.4. The largest absolute Gasteiger partial charge is 0.494 e. The highest BCUT2D eigenvalue weighted by Crippen LogP contribution is 2.13. The number of thiazole rings is 1. The highest BCUT2D eigenvalue weighted by molar-refractivity contribution is 7.11. The first-order valence-corrected chi connectivity index (χ1v) is 5.61. The van der Waals surface area contributed by atoms with Crippen LogP contribution in [0.15, 0.2) is 18.6 Å². The highest BCUT2D eigenvalue weighted by Gasteiger charge is 2.00. The fourth-order valence-electron chi connectivity index (χ4n) is 1.17. The minimum absolute atomic E-state index is 0.590. The Morgan fingerprint density at radius 3 is 2.56 bits per heavy atom. The third-order valence-electron chi connectivity index (χ3n) is 1.95. The van der Waals surface area contributed by atoms with Crippen LogP contribution in [0.2, 0.25) is 0 Å². The van der Waals surface area contributed by atoms with Crippen molar-refractivity contribution in [2.45, 2.75) is 13.5 Å². The molecule has 0 fully saturated rings. The molecule has 1 N–H and O–H groups in total. The van der Waals surface area contributed by atoms with Gasteiger partial charge in [-0.05, 0) is 6.92 Å². The predicted molar refractivity (Wildman–Crippen MR) is 62.8 cm³/mol. The molecule has 2 aromatic rings. The Bertz CT molecular complexity index is 454. The van der Waals surface area contributed by atoms with Crippen LogP contribution in [0.1, 0.15) is 9.88 Å². The van der Waals surface area contributed by atoms with Gasteiger partial charge in [0.1, 0.15) is 0 Å². The van der Waals surface area contributed by atoms with E-state index in [1.807, 2.05) is 13.1 Å². The van der Waals surface area contributed by atoms with Crippen molar-refractivity contribution in [1.82, 2.24) is 15.0 Å². The van der Waals surface area contributed by atoms with E-state index in [0.29, 0.717) is 18.2 Å². The van der Waals surface area contributed by atoms with Gasteiger partial charge < -0.3 is 10.1 Å². The summed E-state index contributed by atoms with van der Waals surface area (Å²) in [4.78, 5) is 13.6. The number of aromatic nitrogens is 3. The Kier molecular flexibility index (Phi) is 3.31. The number of ether oxygens (including phenoxy) is 1. The number of nitrogens with zero attached hydrogens (tertiary/aromatic N) is 3. The Morgan fingerprint density at radius 2 is 2.00 bits per heavy atom. The fraction of sp³-hybridized carbons (Fsp3) is 0.300. The van der Waals surface area contributed by atoms with Crippen molar-refractivity contribution in [2.75, 3.05) is 12.4 Å². The van der Waals surface area contributed by atoms with Gasteiger partial charge in [0.15, 0.2) is 5.75 Å². The van der Waals surface area contributed by atoms with Gasteiger partial charge in [-0.1, -0.05) is 0 Å². The lowest BCUT2D eigenvalue weighted by Gasteiger charge is -2.03. The number of anilines is 1. The lowest BCUT2D eigenvalue weighted by molar-refractivity contribution is 0.411. The molecule has 0 aliphatic rings. The predicted octanol–water partition coefficient (Wildman–Crippen LogP) is 1.86. The maximum atomic E-state index is 4.97. The van der Waals surface area contributed by atoms with Gasteiger partial charge >= 0.3 is 0 Å². The van der Waals surface area contributed by atoms with Crippen molar-refractivity contribution in [3.8, 4) is 5.75 Å². The lowest BCUT2D eigenvalue weighted by atomic mass is 10.5. The molecule has 2 aromatic heterocycles. The van der Waals surface area contributed by atoms with E-state index >= 15 is 0 Å². The minimum atomic E-state index is 0.590. The van der Waals surface area contributed by atoms with Gasteiger partial charge in [-0.15, -0.1) is 11.3 Å². The standard InChI is InChI=1S/C10H12N4OS/c1-7-11-5-9(16-7)6-14-10-12-3-8(15-2)4-13-10/h3-5H,6H2,1-2H3,(H,12,13,14). The van der Waals surface area contributed by atoms with E-state index in [1.54, 1.807) is 30.8 Å². The monoisotopic (exact) mass is 236 g/mol. The van der Waals surface area contributed by atoms with Gasteiger partial charge in [-0.3, -0.25) is 0 Å². The molecular weight excluding hydrogens is 224 g/mol. The second-order valence-corrected chi connectivity index (χ2v) is 4.46. The molecule has 0 unspecified atom stereocenters. The number of methoxy groups -OCH3 is 1. The molecule has 0 aliphatic heterocycles. The molecule has 0 spiro atoms. The van der Waals surface area contributed by atoms with Gasteiger partial charge in [-0.2, -0.15) is 0 Å². The first kappa shape index (κ1) is 10.8. The van der Waals surface area contributed by atoms with E-state index in [4.69, 9.17) is 4.74 Å². The zero-order valence-corrected chi connectivity index (χ0v) is 9.91. The highest BCUT2D eigenvalue weighted by atomic mass is 32.1. The number of hydrogen-bond acceptors (Lipinski definition) is 6. The summed E-state index contributed by atoms with van der Waals surface area (Å²) in [5, 5.41) is 4.18. The number of aryl methyl sites for hydroxylation is 1. The molecule has 5 nitrogen and oxygen atoms in total. The number of hydrogen-bond donors (Lipinski definition) is 1. The molecule has 2 heterocycles. The van der Waals surface area contributed by atoms with Crippen molar-refractivity contribution in [2.24, 2.45) is 0 Å². The average molecular weight is 236 g/mol. The van der Waals surface area contributed by atoms with E-state index in [-0.39, 0.29) is 0 Å². The van der Waals surface area contributed by atoms with Crippen molar-refractivity contribution >= 4 is 17.3 Å². The number of rotatable bonds is 4. The normalized spacial score (nSPS) is 10.1. The van der Waals surface area contributed by atoms with Crippen molar-refractivity contribution in [1.29, 1.82) is 0 Å². The Balaban J connectivity index is 1.94. The van der Waals surface area contributed by atoms with Crippen molar-refractivity contribution in [3.63, 3.8) is 0 Å². The summed E-state index contributed by atoms with van der Waals surface area (Å²) >= 11 is 1.66. The molecule has 0 aliphatic carbocycles. The van der Waals surface area contributed by atoms with Crippen molar-refractivity contribution in [3.05, 3.63) is 28.5 Å². The first-order chi connectivity index (χ1) is 7.78. The summed E-state index contributed by atoms with van der Waals surface area (Å²) in [5.74, 6) is 1.24. The minimum Gasteiger partial charge on any atom is -0.494 e. The summed E-state index contributed by atoms with van der Waals surface area (Å²) in [5.41, 5.74) is 0. The third-order valence-corrected chi connectivity index (χ3v) is 2.87. The topological polar surface area (TPSA) is 59.9 Å². The second-order valence-electron chi connectivity index (χ2n) is 3.15. The molecule has 0 amide bonds. The fourth-order valence-corrected chi connectivity index (χ4v) is 1.90. The smallest absolute Gasteiger partial charge is 0.223 e. The summed E-state index contributed by atoms with van der Waals surface area (Å²) in [7, 11) is 1.59. The molecule has 0 atom stereocenters. The van der Waals surface area contributed by atoms with Gasteiger partial charge in [0, 0.05) is 11.1 Å². The summed E-state index contributed by atoms with van der Waals surface area (Å²) < 4.78 is 4.97. The molecule has 6 heteroatoms. The molecule has 0 bridgehead atoms. The molecule has 84 valence electrons. The maximum Gasteiger partial charge on any atom is 0.223 e. The summed E-state index contributed by atoms with van der Waals surface area (Å²) in [6, 6.07) is 0. The van der Waals surface area contributed by atoms with Gasteiger partial charge in [0.2, 0.25) is 5.95 Å². The van der Waals surface area contributed by atoms with E-state index in [0.717, 1.165) is 9.88 Å². The lowest BCUT2D eigenvalue weighted by Crippen LogP contribution is -2.02. The molecule has 0 radical (unpaired) electrons. The summed E-state index contributed by atoms with van der Waals surface area (Å²) in [6.45, 7) is 2.68. The van der Waals surface area contributed by atoms with Crippen LogP contribution in [0.25, 0.3) is 0 Å². The SMILES string of the molecule is COc1cnc(NCc2cnc(C)s2)nc1. The second kappa shape index (κ2) is 4.89. The van der Waals surface area contributed by atoms with Gasteiger partial charge in [-0.25, -0.2) is 15.0 Å². The van der Waals surface area contributed by atoms with E-state index in [9.17, 15) is 0 Å². The van der Waals surface area contributed by atoms with Crippen LogP contribution in [-0.2, 0) is 6.54 Å². The van der Waals surface area contributed by atoms with Gasteiger partial charge in [0.05, 0.1) is 31.1 Å². The molecule has 0 saturated heterocycles. The average Bonchev–Trinajstić information content (AvgIpc) is 2.73. The zero-order valence-electron chi connectivity index (χ0n) is 9.10. The van der Waals surface area contributed by atoms with Gasteiger partial charge in [0.25, 0.3) is 0 Å². The Morgan fingerprint density at radius 1 is 1.25 bits per heavy atom. The summed E-state index contributed by atoms with van der Waals surface area (Å²) in [6.07, 6.45) is 5.12. The molecule has 0 aromatic carbocycles. The van der Waals surface area contributed by atoms with Crippen molar-refractivity contribution < 1.29 is 4.74 Å². The van der Waals surface area contributed by atoms with Crippen LogP contribution in [0, 0.1) is 6.92 Å². The molecule has 2 rings (SSSR count). The Hall–Kier alpha value is -1.69.